The van der Waals surface area contributed by atoms with Crippen LogP contribution in [0.15, 0.2) is 65.8 Å². The number of nitrogens with zero attached hydrogens (tertiary/aromatic N) is 6. The first kappa shape index (κ1) is 21.7. The molecule has 0 saturated carbocycles. The van der Waals surface area contributed by atoms with Gasteiger partial charge in [-0.2, -0.15) is 10.4 Å². The van der Waals surface area contributed by atoms with Gasteiger partial charge in [-0.3, -0.25) is 19.5 Å². The number of rotatable bonds is 8. The molecule has 0 fully saturated rings. The first-order chi connectivity index (χ1) is 16.0. The lowest BCUT2D eigenvalue weighted by Crippen LogP contribution is -2.30. The summed E-state index contributed by atoms with van der Waals surface area (Å²) in [4.78, 5) is 27.9. The van der Waals surface area contributed by atoms with Crippen molar-refractivity contribution in [3.8, 4) is 17.5 Å². The van der Waals surface area contributed by atoms with Gasteiger partial charge in [0.25, 0.3) is 11.2 Å². The number of fused-ring (bicyclic) bond motifs is 1. The van der Waals surface area contributed by atoms with Crippen LogP contribution in [-0.2, 0) is 13.0 Å². The summed E-state index contributed by atoms with van der Waals surface area (Å²) >= 11 is 0. The van der Waals surface area contributed by atoms with Gasteiger partial charge in [0.15, 0.2) is 5.65 Å². The molecule has 0 aliphatic heterocycles. The van der Waals surface area contributed by atoms with E-state index in [2.05, 4.69) is 16.2 Å². The third-order valence-corrected chi connectivity index (χ3v) is 4.92. The fraction of sp³-hybridized carbons (Fsp3) is 0.182. The lowest BCUT2D eigenvalue weighted by molar-refractivity contribution is -0.384. The molecule has 1 unspecified atom stereocenters. The highest BCUT2D eigenvalue weighted by Gasteiger charge is 2.19. The number of nitro benzene ring substituents is 1. The van der Waals surface area contributed by atoms with Crippen LogP contribution in [0.1, 0.15) is 5.56 Å². The van der Waals surface area contributed by atoms with E-state index < -0.39 is 16.6 Å². The Bertz CT molecular complexity index is 1400. The molecule has 0 radical (unpaired) electrons. The Kier molecular flexibility index (Phi) is 6.10. The van der Waals surface area contributed by atoms with Crippen molar-refractivity contribution < 1.29 is 14.8 Å². The van der Waals surface area contributed by atoms with E-state index in [1.807, 2.05) is 0 Å². The Balaban J connectivity index is 1.51. The van der Waals surface area contributed by atoms with Crippen LogP contribution in [0.5, 0.6) is 5.75 Å². The standard InChI is InChI=1S/C22H18N6O5/c23-10-9-15-5-7-17(8-6-15)33-13-16(29)12-26-14-24-21-18(22(26)30)11-25-27(21)19-3-1-2-4-20(19)28(31)32/h1-8,11,14,16,29H,9,12-13H2. The van der Waals surface area contributed by atoms with Crippen molar-refractivity contribution in [2.45, 2.75) is 19.1 Å². The minimum Gasteiger partial charge on any atom is -0.491 e. The SMILES string of the molecule is N#CCc1ccc(OCC(O)Cn2cnc3c(cnn3-c3ccccc3[N+](=O)[O-])c2=O)cc1. The number of aliphatic hydroxyl groups excluding tert-OH is 1. The van der Waals surface area contributed by atoms with Crippen molar-refractivity contribution in [3.63, 3.8) is 0 Å². The number of nitro groups is 1. The summed E-state index contributed by atoms with van der Waals surface area (Å²) in [5.41, 5.74) is 0.620. The summed E-state index contributed by atoms with van der Waals surface area (Å²) in [5, 5.41) is 34.6. The fourth-order valence-electron chi connectivity index (χ4n) is 3.32. The summed E-state index contributed by atoms with van der Waals surface area (Å²) in [6.45, 7) is -0.123. The van der Waals surface area contributed by atoms with Crippen LogP contribution < -0.4 is 10.3 Å². The number of aromatic nitrogens is 4. The van der Waals surface area contributed by atoms with E-state index in [9.17, 15) is 20.0 Å². The van der Waals surface area contributed by atoms with Gasteiger partial charge in [-0.1, -0.05) is 24.3 Å². The average Bonchev–Trinajstić information content (AvgIpc) is 3.25. The number of aliphatic hydroxyl groups is 1. The molecule has 0 amide bonds. The highest BCUT2D eigenvalue weighted by atomic mass is 16.6. The van der Waals surface area contributed by atoms with Crippen molar-refractivity contribution in [1.29, 1.82) is 5.26 Å². The number of nitriles is 1. The van der Waals surface area contributed by atoms with Gasteiger partial charge in [0, 0.05) is 6.07 Å². The maximum absolute atomic E-state index is 12.9. The minimum absolute atomic E-state index is 0.0580. The van der Waals surface area contributed by atoms with Gasteiger partial charge in [0.1, 0.15) is 35.9 Å². The van der Waals surface area contributed by atoms with Crippen LogP contribution in [-0.4, -0.2) is 42.1 Å². The molecule has 2 aromatic heterocycles. The molecule has 2 heterocycles. The van der Waals surface area contributed by atoms with Gasteiger partial charge in [-0.15, -0.1) is 0 Å². The number of para-hydroxylation sites is 2. The largest absolute Gasteiger partial charge is 0.491 e. The molecule has 1 N–H and O–H groups in total. The Hall–Kier alpha value is -4.56. The number of ether oxygens (including phenoxy) is 1. The molecular weight excluding hydrogens is 428 g/mol. The van der Waals surface area contributed by atoms with Crippen LogP contribution >= 0.6 is 0 Å². The van der Waals surface area contributed by atoms with E-state index in [0.29, 0.717) is 12.2 Å². The van der Waals surface area contributed by atoms with Crippen LogP contribution in [0.3, 0.4) is 0 Å². The number of hydrogen-bond donors (Lipinski definition) is 1. The summed E-state index contributed by atoms with van der Waals surface area (Å²) in [6, 6.07) is 15.0. The van der Waals surface area contributed by atoms with Gasteiger partial charge in [0.2, 0.25) is 0 Å². The fourth-order valence-corrected chi connectivity index (χ4v) is 3.32. The Morgan fingerprint density at radius 1 is 1.21 bits per heavy atom. The van der Waals surface area contributed by atoms with Gasteiger partial charge in [0.05, 0.1) is 30.2 Å². The summed E-state index contributed by atoms with van der Waals surface area (Å²) in [6.07, 6.45) is 1.86. The highest BCUT2D eigenvalue weighted by Crippen LogP contribution is 2.23. The monoisotopic (exact) mass is 446 g/mol. The highest BCUT2D eigenvalue weighted by molar-refractivity contribution is 5.76. The molecule has 11 nitrogen and oxygen atoms in total. The third-order valence-electron chi connectivity index (χ3n) is 4.92. The normalized spacial score (nSPS) is 11.8. The second kappa shape index (κ2) is 9.29. The molecule has 11 heteroatoms. The van der Waals surface area contributed by atoms with E-state index in [1.165, 1.54) is 40.0 Å². The van der Waals surface area contributed by atoms with Gasteiger partial charge in [-0.05, 0) is 23.8 Å². The molecule has 0 spiro atoms. The molecule has 2 aromatic carbocycles. The minimum atomic E-state index is -0.994. The lowest BCUT2D eigenvalue weighted by Gasteiger charge is -2.14. The lowest BCUT2D eigenvalue weighted by atomic mass is 10.2. The second-order valence-corrected chi connectivity index (χ2v) is 7.19. The van der Waals surface area contributed by atoms with Crippen molar-refractivity contribution in [1.82, 2.24) is 19.3 Å². The molecule has 166 valence electrons. The molecule has 33 heavy (non-hydrogen) atoms. The quantitative estimate of drug-likeness (QED) is 0.319. The van der Waals surface area contributed by atoms with Gasteiger partial charge in [-0.25, -0.2) is 9.67 Å². The van der Waals surface area contributed by atoms with Crippen LogP contribution in [0.2, 0.25) is 0 Å². The summed E-state index contributed by atoms with van der Waals surface area (Å²) in [7, 11) is 0. The summed E-state index contributed by atoms with van der Waals surface area (Å²) < 4.78 is 8.03. The molecule has 1 atom stereocenters. The average molecular weight is 446 g/mol. The zero-order chi connectivity index (χ0) is 23.4. The number of benzene rings is 2. The third kappa shape index (κ3) is 4.56. The first-order valence-corrected chi connectivity index (χ1v) is 9.91. The van der Waals surface area contributed by atoms with Crippen LogP contribution in [0, 0.1) is 21.4 Å². The van der Waals surface area contributed by atoms with Gasteiger partial charge >= 0.3 is 0 Å². The molecule has 0 saturated heterocycles. The zero-order valence-electron chi connectivity index (χ0n) is 17.2. The van der Waals surface area contributed by atoms with Crippen molar-refractivity contribution in [2.75, 3.05) is 6.61 Å². The van der Waals surface area contributed by atoms with Crippen molar-refractivity contribution in [3.05, 3.63) is 87.1 Å². The molecule has 0 aliphatic carbocycles. The molecule has 0 aliphatic rings. The smallest absolute Gasteiger partial charge is 0.294 e. The second-order valence-electron chi connectivity index (χ2n) is 7.19. The number of hydrogen-bond acceptors (Lipinski definition) is 8. The van der Waals surface area contributed by atoms with Crippen molar-refractivity contribution in [2.24, 2.45) is 0 Å². The Morgan fingerprint density at radius 2 is 1.97 bits per heavy atom. The first-order valence-electron chi connectivity index (χ1n) is 9.91. The predicted molar refractivity (Wildman–Crippen MR) is 117 cm³/mol. The summed E-state index contributed by atoms with van der Waals surface area (Å²) in [5.74, 6) is 0.530. The van der Waals surface area contributed by atoms with Crippen molar-refractivity contribution >= 4 is 16.7 Å². The molecule has 0 bridgehead atoms. The van der Waals surface area contributed by atoms with E-state index in [4.69, 9.17) is 10.00 Å². The van der Waals surface area contributed by atoms with E-state index in [0.717, 1.165) is 5.56 Å². The Morgan fingerprint density at radius 3 is 2.70 bits per heavy atom. The van der Waals surface area contributed by atoms with E-state index in [-0.39, 0.29) is 35.6 Å². The van der Waals surface area contributed by atoms with Crippen LogP contribution in [0.25, 0.3) is 16.7 Å². The maximum Gasteiger partial charge on any atom is 0.294 e. The zero-order valence-corrected chi connectivity index (χ0v) is 17.2. The maximum atomic E-state index is 12.9. The molecule has 4 rings (SSSR count). The van der Waals surface area contributed by atoms with Gasteiger partial charge < -0.3 is 9.84 Å². The van der Waals surface area contributed by atoms with E-state index >= 15 is 0 Å². The molecular formula is C22H18N6O5. The van der Waals surface area contributed by atoms with Crippen LogP contribution in [0.4, 0.5) is 5.69 Å². The molecule has 4 aromatic rings. The van der Waals surface area contributed by atoms with E-state index in [1.54, 1.807) is 30.3 Å². The topological polar surface area (TPSA) is 149 Å². The predicted octanol–water partition coefficient (Wildman–Crippen LogP) is 2.00. The Labute approximate surface area is 186 Å².